The van der Waals surface area contributed by atoms with Gasteiger partial charge in [0.1, 0.15) is 5.82 Å². The normalized spacial score (nSPS) is 11.6. The van der Waals surface area contributed by atoms with Crippen molar-refractivity contribution >= 4 is 31.6 Å². The van der Waals surface area contributed by atoms with Crippen LogP contribution < -0.4 is 4.72 Å². The number of halogens is 2. The highest BCUT2D eigenvalue weighted by Crippen LogP contribution is 2.25. The molecule has 0 aliphatic rings. The number of sulfonamides is 1. The number of anilines is 1. The number of aryl methyl sites for hydroxylation is 2. The number of nitrogens with zero attached hydrogens (tertiary/aromatic N) is 2. The largest absolute Gasteiger partial charge is 0.336 e. The lowest BCUT2D eigenvalue weighted by atomic mass is 10.2. The maximum Gasteiger partial charge on any atom is 0.280 e. The van der Waals surface area contributed by atoms with E-state index in [0.717, 1.165) is 6.07 Å². The summed E-state index contributed by atoms with van der Waals surface area (Å²) in [4.78, 5) is 3.83. The van der Waals surface area contributed by atoms with Crippen LogP contribution >= 0.6 is 15.9 Å². The first-order valence-electron chi connectivity index (χ1n) is 5.83. The molecular weight excluding hydrogens is 349 g/mol. The molecule has 8 heteroatoms. The third-order valence-corrected chi connectivity index (χ3v) is 4.62. The lowest BCUT2D eigenvalue weighted by molar-refractivity contribution is 0.597. The molecule has 0 unspecified atom stereocenters. The molecule has 5 nitrogen and oxygen atoms in total. The molecule has 0 saturated carbocycles. The zero-order valence-corrected chi connectivity index (χ0v) is 13.3. The predicted molar refractivity (Wildman–Crippen MR) is 77.5 cm³/mol. The summed E-state index contributed by atoms with van der Waals surface area (Å²) < 4.78 is 42.1. The average molecular weight is 362 g/mol. The van der Waals surface area contributed by atoms with Gasteiger partial charge in [-0.15, -0.1) is 0 Å². The Hall–Kier alpha value is -1.41. The maximum absolute atomic E-state index is 13.5. The van der Waals surface area contributed by atoms with Gasteiger partial charge in [0.05, 0.1) is 16.5 Å². The number of hydrogen-bond donors (Lipinski definition) is 1. The van der Waals surface area contributed by atoms with E-state index in [0.29, 0.717) is 12.1 Å². The van der Waals surface area contributed by atoms with Gasteiger partial charge in [0, 0.05) is 12.7 Å². The highest BCUT2D eigenvalue weighted by Gasteiger charge is 2.19. The molecule has 0 bridgehead atoms. The van der Waals surface area contributed by atoms with Crippen LogP contribution in [-0.2, 0) is 16.6 Å². The Bertz CT molecular complexity index is 743. The molecular formula is C12H13BrFN3O2S. The second-order valence-corrected chi connectivity index (χ2v) is 6.71. The van der Waals surface area contributed by atoms with Crippen molar-refractivity contribution in [3.05, 3.63) is 40.5 Å². The van der Waals surface area contributed by atoms with Crippen LogP contribution in [0.2, 0.25) is 0 Å². The summed E-state index contributed by atoms with van der Waals surface area (Å²) in [5.41, 5.74) is 0.800. The van der Waals surface area contributed by atoms with Crippen molar-refractivity contribution in [2.24, 2.45) is 0 Å². The van der Waals surface area contributed by atoms with Crippen molar-refractivity contribution in [2.75, 3.05) is 4.72 Å². The van der Waals surface area contributed by atoms with Crippen LogP contribution in [0.25, 0.3) is 0 Å². The SMILES string of the molecule is CCn1cnc(S(=O)(=O)Nc2cc(F)c(Br)cc2C)c1. The summed E-state index contributed by atoms with van der Waals surface area (Å²) >= 11 is 3.05. The molecule has 1 aromatic carbocycles. The zero-order chi connectivity index (χ0) is 14.9. The fourth-order valence-corrected chi connectivity index (χ4v) is 3.14. The van der Waals surface area contributed by atoms with Crippen LogP contribution in [0.1, 0.15) is 12.5 Å². The van der Waals surface area contributed by atoms with E-state index in [1.165, 1.54) is 18.6 Å². The Labute approximate surface area is 125 Å². The summed E-state index contributed by atoms with van der Waals surface area (Å²) in [5, 5.41) is -0.0953. The third kappa shape index (κ3) is 3.01. The van der Waals surface area contributed by atoms with Crippen LogP contribution in [0.5, 0.6) is 0 Å². The van der Waals surface area contributed by atoms with E-state index in [1.807, 2.05) is 6.92 Å². The Kier molecular flexibility index (Phi) is 4.14. The van der Waals surface area contributed by atoms with Gasteiger partial charge < -0.3 is 4.57 Å². The molecule has 1 heterocycles. The van der Waals surface area contributed by atoms with Gasteiger partial charge in [0.2, 0.25) is 0 Å². The first kappa shape index (κ1) is 15.0. The summed E-state index contributed by atoms with van der Waals surface area (Å²) in [5.74, 6) is -0.535. The Morgan fingerprint density at radius 2 is 2.15 bits per heavy atom. The van der Waals surface area contributed by atoms with E-state index in [4.69, 9.17) is 0 Å². The van der Waals surface area contributed by atoms with Crippen molar-refractivity contribution in [1.82, 2.24) is 9.55 Å². The van der Waals surface area contributed by atoms with Crippen molar-refractivity contribution in [3.63, 3.8) is 0 Å². The molecule has 0 saturated heterocycles. The minimum Gasteiger partial charge on any atom is -0.336 e. The van der Waals surface area contributed by atoms with Gasteiger partial charge in [-0.05, 0) is 47.5 Å². The van der Waals surface area contributed by atoms with Gasteiger partial charge in [-0.25, -0.2) is 9.37 Å². The fourth-order valence-electron chi connectivity index (χ4n) is 1.60. The molecule has 0 atom stereocenters. The van der Waals surface area contributed by atoms with Crippen molar-refractivity contribution in [3.8, 4) is 0 Å². The highest BCUT2D eigenvalue weighted by molar-refractivity contribution is 9.10. The van der Waals surface area contributed by atoms with Crippen LogP contribution in [0, 0.1) is 12.7 Å². The van der Waals surface area contributed by atoms with Gasteiger partial charge >= 0.3 is 0 Å². The predicted octanol–water partition coefficient (Wildman–Crippen LogP) is 2.91. The van der Waals surface area contributed by atoms with E-state index < -0.39 is 15.8 Å². The van der Waals surface area contributed by atoms with E-state index >= 15 is 0 Å². The topological polar surface area (TPSA) is 64.0 Å². The molecule has 1 aromatic heterocycles. The third-order valence-electron chi connectivity index (χ3n) is 2.76. The van der Waals surface area contributed by atoms with Gasteiger partial charge in [-0.2, -0.15) is 8.42 Å². The number of benzene rings is 1. The molecule has 0 amide bonds. The maximum atomic E-state index is 13.5. The average Bonchev–Trinajstić information content (AvgIpc) is 2.85. The van der Waals surface area contributed by atoms with Crippen molar-refractivity contribution < 1.29 is 12.8 Å². The molecule has 0 spiro atoms. The van der Waals surface area contributed by atoms with Crippen LogP contribution in [0.3, 0.4) is 0 Å². The van der Waals surface area contributed by atoms with Crippen LogP contribution in [0.4, 0.5) is 10.1 Å². The number of nitrogens with one attached hydrogen (secondary N) is 1. The molecule has 0 aliphatic heterocycles. The fraction of sp³-hybridized carbons (Fsp3) is 0.250. The lowest BCUT2D eigenvalue weighted by Gasteiger charge is -2.09. The smallest absolute Gasteiger partial charge is 0.280 e. The second kappa shape index (κ2) is 5.53. The van der Waals surface area contributed by atoms with Crippen molar-refractivity contribution in [2.45, 2.75) is 25.4 Å². The Morgan fingerprint density at radius 1 is 1.45 bits per heavy atom. The molecule has 108 valence electrons. The highest BCUT2D eigenvalue weighted by atomic mass is 79.9. The first-order valence-corrected chi connectivity index (χ1v) is 8.11. The Balaban J connectivity index is 2.35. The number of imidazole rings is 1. The van der Waals surface area contributed by atoms with Gasteiger partial charge in [0.15, 0.2) is 5.03 Å². The van der Waals surface area contributed by atoms with Crippen molar-refractivity contribution in [1.29, 1.82) is 0 Å². The number of aromatic nitrogens is 2. The van der Waals surface area contributed by atoms with E-state index in [1.54, 1.807) is 11.5 Å². The lowest BCUT2D eigenvalue weighted by Crippen LogP contribution is -2.14. The quantitative estimate of drug-likeness (QED) is 0.910. The molecule has 20 heavy (non-hydrogen) atoms. The Morgan fingerprint density at radius 3 is 2.75 bits per heavy atom. The standard InChI is InChI=1S/C12H13BrFN3O2S/c1-3-17-6-12(15-7-17)20(18,19)16-11-5-10(14)9(13)4-8(11)2/h4-7,16H,3H2,1-2H3. The molecule has 2 aromatic rings. The molecule has 0 aliphatic carbocycles. The van der Waals surface area contributed by atoms with Crippen LogP contribution in [-0.4, -0.2) is 18.0 Å². The van der Waals surface area contributed by atoms with E-state index in [2.05, 4.69) is 25.6 Å². The minimum absolute atomic E-state index is 0.0953. The molecule has 0 radical (unpaired) electrons. The van der Waals surface area contributed by atoms with Crippen LogP contribution in [0.15, 0.2) is 34.2 Å². The number of hydrogen-bond acceptors (Lipinski definition) is 3. The van der Waals surface area contributed by atoms with Gasteiger partial charge in [0.25, 0.3) is 10.0 Å². The second-order valence-electron chi connectivity index (χ2n) is 4.23. The summed E-state index contributed by atoms with van der Waals surface area (Å²) in [6.45, 7) is 4.18. The summed E-state index contributed by atoms with van der Waals surface area (Å²) in [6, 6.07) is 2.64. The van der Waals surface area contributed by atoms with Gasteiger partial charge in [-0.1, -0.05) is 0 Å². The van der Waals surface area contributed by atoms with E-state index in [9.17, 15) is 12.8 Å². The molecule has 0 fully saturated rings. The molecule has 1 N–H and O–H groups in total. The monoisotopic (exact) mass is 361 g/mol. The first-order chi connectivity index (χ1) is 9.33. The zero-order valence-electron chi connectivity index (χ0n) is 10.9. The summed E-state index contributed by atoms with van der Waals surface area (Å²) in [7, 11) is -3.82. The van der Waals surface area contributed by atoms with E-state index in [-0.39, 0.29) is 15.2 Å². The van der Waals surface area contributed by atoms with Gasteiger partial charge in [-0.3, -0.25) is 4.72 Å². The molecule has 2 rings (SSSR count). The minimum atomic E-state index is -3.82. The summed E-state index contributed by atoms with van der Waals surface area (Å²) in [6.07, 6.45) is 2.86. The number of rotatable bonds is 4.